The molecule has 0 saturated heterocycles. The van der Waals surface area contributed by atoms with Gasteiger partial charge in [-0.05, 0) is 73.9 Å². The summed E-state index contributed by atoms with van der Waals surface area (Å²) in [6.45, 7) is 6.24. The summed E-state index contributed by atoms with van der Waals surface area (Å²) < 4.78 is 5.81. The summed E-state index contributed by atoms with van der Waals surface area (Å²) in [5.41, 5.74) is 5.94. The van der Waals surface area contributed by atoms with Gasteiger partial charge in [-0.15, -0.1) is 10.2 Å². The van der Waals surface area contributed by atoms with Crippen molar-refractivity contribution in [3.8, 4) is 22.9 Å². The number of nitrogens with zero attached hydrogens (tertiary/aromatic N) is 2. The van der Waals surface area contributed by atoms with Gasteiger partial charge >= 0.3 is 0 Å². The molecule has 0 radical (unpaired) electrons. The van der Waals surface area contributed by atoms with Gasteiger partial charge in [0.1, 0.15) is 0 Å². The minimum Gasteiger partial charge on any atom is -0.416 e. The molecule has 0 fully saturated rings. The zero-order valence-corrected chi connectivity index (χ0v) is 14.2. The molecule has 0 aliphatic heterocycles. The first kappa shape index (κ1) is 15.9. The van der Waals surface area contributed by atoms with Crippen LogP contribution in [-0.4, -0.2) is 23.2 Å². The van der Waals surface area contributed by atoms with E-state index in [-0.39, 0.29) is 5.91 Å². The van der Waals surface area contributed by atoms with Gasteiger partial charge in [0.15, 0.2) is 0 Å². The van der Waals surface area contributed by atoms with Crippen LogP contribution in [0.25, 0.3) is 22.9 Å². The maximum atomic E-state index is 11.6. The van der Waals surface area contributed by atoms with E-state index in [9.17, 15) is 4.79 Å². The molecule has 1 amide bonds. The number of nitrogens with one attached hydrogen (secondary N) is 1. The first-order valence-corrected chi connectivity index (χ1v) is 7.74. The Bertz CT molecular complexity index is 872. The van der Waals surface area contributed by atoms with Crippen LogP contribution in [0, 0.1) is 20.8 Å². The van der Waals surface area contributed by atoms with Crippen molar-refractivity contribution in [2.75, 3.05) is 7.05 Å². The van der Waals surface area contributed by atoms with Crippen LogP contribution in [0.1, 0.15) is 27.0 Å². The molecule has 0 spiro atoms. The summed E-state index contributed by atoms with van der Waals surface area (Å²) >= 11 is 0. The van der Waals surface area contributed by atoms with E-state index in [1.54, 1.807) is 31.3 Å². The molecule has 0 aliphatic carbocycles. The molecule has 3 rings (SSSR count). The number of benzene rings is 2. The Morgan fingerprint density at radius 3 is 2.00 bits per heavy atom. The molecule has 5 nitrogen and oxygen atoms in total. The van der Waals surface area contributed by atoms with Crippen molar-refractivity contribution >= 4 is 5.91 Å². The molecule has 1 aromatic heterocycles. The average molecular weight is 321 g/mol. The minimum atomic E-state index is -0.127. The lowest BCUT2D eigenvalue weighted by Gasteiger charge is -2.06. The van der Waals surface area contributed by atoms with Gasteiger partial charge in [-0.25, -0.2) is 0 Å². The fourth-order valence-electron chi connectivity index (χ4n) is 2.52. The molecule has 0 unspecified atom stereocenters. The van der Waals surface area contributed by atoms with Gasteiger partial charge in [-0.2, -0.15) is 0 Å². The summed E-state index contributed by atoms with van der Waals surface area (Å²) in [7, 11) is 1.60. The van der Waals surface area contributed by atoms with Crippen molar-refractivity contribution in [2.45, 2.75) is 20.8 Å². The molecule has 0 bridgehead atoms. The molecule has 0 saturated carbocycles. The fraction of sp³-hybridized carbons (Fsp3) is 0.211. The van der Waals surface area contributed by atoms with Gasteiger partial charge in [0.2, 0.25) is 11.8 Å². The van der Waals surface area contributed by atoms with Crippen molar-refractivity contribution < 1.29 is 9.21 Å². The Morgan fingerprint density at radius 2 is 1.46 bits per heavy atom. The number of carbonyl (C=O) groups is 1. The Balaban J connectivity index is 1.92. The highest BCUT2D eigenvalue weighted by Gasteiger charge is 2.13. The molecule has 2 aromatic carbocycles. The molecule has 1 N–H and O–H groups in total. The molecule has 0 atom stereocenters. The number of hydrogen-bond donors (Lipinski definition) is 1. The van der Waals surface area contributed by atoms with Crippen molar-refractivity contribution in [3.63, 3.8) is 0 Å². The van der Waals surface area contributed by atoms with E-state index >= 15 is 0 Å². The summed E-state index contributed by atoms with van der Waals surface area (Å²) in [6, 6.07) is 11.2. The van der Waals surface area contributed by atoms with Crippen LogP contribution >= 0.6 is 0 Å². The number of aromatic nitrogens is 2. The number of rotatable bonds is 3. The van der Waals surface area contributed by atoms with Gasteiger partial charge in [0, 0.05) is 23.7 Å². The Labute approximate surface area is 140 Å². The average Bonchev–Trinajstić information content (AvgIpc) is 3.08. The lowest BCUT2D eigenvalue weighted by atomic mass is 10.0. The van der Waals surface area contributed by atoms with E-state index < -0.39 is 0 Å². The number of aryl methyl sites for hydroxylation is 2. The van der Waals surface area contributed by atoms with Crippen molar-refractivity contribution in [1.29, 1.82) is 0 Å². The number of amides is 1. The van der Waals surface area contributed by atoms with Crippen molar-refractivity contribution in [1.82, 2.24) is 15.5 Å². The van der Waals surface area contributed by atoms with E-state index in [0.29, 0.717) is 17.3 Å². The molecular weight excluding hydrogens is 302 g/mol. The maximum absolute atomic E-state index is 11.6. The van der Waals surface area contributed by atoms with Gasteiger partial charge in [0.25, 0.3) is 5.91 Å². The zero-order valence-electron chi connectivity index (χ0n) is 14.2. The van der Waals surface area contributed by atoms with Crippen LogP contribution in [0.3, 0.4) is 0 Å². The SMILES string of the molecule is CNC(=O)c1ccc(-c2nnc(-c3cc(C)c(C)c(C)c3)o2)cc1. The third-order valence-electron chi connectivity index (χ3n) is 4.22. The summed E-state index contributed by atoms with van der Waals surface area (Å²) in [6.07, 6.45) is 0. The predicted molar refractivity (Wildman–Crippen MR) is 92.8 cm³/mol. The van der Waals surface area contributed by atoms with Gasteiger partial charge in [0.05, 0.1) is 0 Å². The van der Waals surface area contributed by atoms with Crippen LogP contribution in [0.5, 0.6) is 0 Å². The molecular formula is C19H19N3O2. The monoisotopic (exact) mass is 321 g/mol. The fourth-order valence-corrected chi connectivity index (χ4v) is 2.52. The summed E-state index contributed by atoms with van der Waals surface area (Å²) in [5.74, 6) is 0.800. The summed E-state index contributed by atoms with van der Waals surface area (Å²) in [4.78, 5) is 11.6. The first-order chi connectivity index (χ1) is 11.5. The smallest absolute Gasteiger partial charge is 0.251 e. The second-order valence-electron chi connectivity index (χ2n) is 5.80. The minimum absolute atomic E-state index is 0.127. The van der Waals surface area contributed by atoms with Gasteiger partial charge in [-0.3, -0.25) is 4.79 Å². The van der Waals surface area contributed by atoms with Gasteiger partial charge in [-0.1, -0.05) is 0 Å². The highest BCUT2D eigenvalue weighted by Crippen LogP contribution is 2.27. The topological polar surface area (TPSA) is 68.0 Å². The second-order valence-corrected chi connectivity index (χ2v) is 5.80. The third kappa shape index (κ3) is 2.93. The third-order valence-corrected chi connectivity index (χ3v) is 4.22. The Morgan fingerprint density at radius 1 is 0.917 bits per heavy atom. The predicted octanol–water partition coefficient (Wildman–Crippen LogP) is 3.69. The van der Waals surface area contributed by atoms with E-state index in [2.05, 4.69) is 36.3 Å². The quantitative estimate of drug-likeness (QED) is 0.799. The van der Waals surface area contributed by atoms with Crippen molar-refractivity contribution in [2.24, 2.45) is 0 Å². The molecule has 122 valence electrons. The van der Waals surface area contributed by atoms with Crippen LogP contribution in [0.2, 0.25) is 0 Å². The molecule has 0 aliphatic rings. The summed E-state index contributed by atoms with van der Waals surface area (Å²) in [5, 5.41) is 10.9. The highest BCUT2D eigenvalue weighted by molar-refractivity contribution is 5.94. The van der Waals surface area contributed by atoms with Crippen molar-refractivity contribution in [3.05, 3.63) is 58.7 Å². The maximum Gasteiger partial charge on any atom is 0.251 e. The van der Waals surface area contributed by atoms with Crippen LogP contribution < -0.4 is 5.32 Å². The molecule has 1 heterocycles. The Kier molecular flexibility index (Phi) is 4.16. The first-order valence-electron chi connectivity index (χ1n) is 7.74. The second kappa shape index (κ2) is 6.28. The standard InChI is InChI=1S/C19H19N3O2/c1-11-9-16(10-12(2)13(11)3)19-22-21-18(24-19)15-7-5-14(6-8-15)17(23)20-4/h5-10H,1-4H3,(H,20,23). The Hall–Kier alpha value is -2.95. The lowest BCUT2D eigenvalue weighted by Crippen LogP contribution is -2.17. The molecule has 24 heavy (non-hydrogen) atoms. The molecule has 5 heteroatoms. The largest absolute Gasteiger partial charge is 0.416 e. The van der Waals surface area contributed by atoms with Gasteiger partial charge < -0.3 is 9.73 Å². The zero-order chi connectivity index (χ0) is 17.3. The number of carbonyl (C=O) groups excluding carboxylic acids is 1. The van der Waals surface area contributed by atoms with E-state index in [1.165, 1.54) is 16.7 Å². The van der Waals surface area contributed by atoms with Crippen LogP contribution in [0.15, 0.2) is 40.8 Å². The van der Waals surface area contributed by atoms with Crippen LogP contribution in [-0.2, 0) is 0 Å². The van der Waals surface area contributed by atoms with Crippen LogP contribution in [0.4, 0.5) is 0 Å². The van der Waals surface area contributed by atoms with E-state index in [4.69, 9.17) is 4.42 Å². The van der Waals surface area contributed by atoms with E-state index in [0.717, 1.165) is 11.1 Å². The molecule has 3 aromatic rings. The normalized spacial score (nSPS) is 10.7. The number of hydrogen-bond acceptors (Lipinski definition) is 4. The lowest BCUT2D eigenvalue weighted by molar-refractivity contribution is 0.0963. The van der Waals surface area contributed by atoms with E-state index in [1.807, 2.05) is 12.1 Å². The highest BCUT2D eigenvalue weighted by atomic mass is 16.4.